The molecule has 2 aliphatic heterocycles. The number of hydrogen-bond acceptors (Lipinski definition) is 2. The van der Waals surface area contributed by atoms with Crippen molar-refractivity contribution in [1.82, 2.24) is 9.80 Å². The maximum atomic E-state index is 2.75. The fraction of sp³-hybridized carbons (Fsp3) is 1.00. The van der Waals surface area contributed by atoms with Crippen LogP contribution in [0.3, 0.4) is 0 Å². The van der Waals surface area contributed by atoms with Crippen LogP contribution in [-0.4, -0.2) is 48.6 Å². The lowest BCUT2D eigenvalue weighted by atomic mass is 9.71. The summed E-state index contributed by atoms with van der Waals surface area (Å²) in [7, 11) is 2.32. The molecule has 2 aliphatic carbocycles. The first kappa shape index (κ1) is 18.3. The third kappa shape index (κ3) is 3.55. The van der Waals surface area contributed by atoms with Gasteiger partial charge in [0, 0.05) is 31.7 Å². The zero-order valence-corrected chi connectivity index (χ0v) is 17.7. The average Bonchev–Trinajstić information content (AvgIpc) is 3.14. The van der Waals surface area contributed by atoms with Crippen LogP contribution in [0.4, 0.5) is 0 Å². The summed E-state index contributed by atoms with van der Waals surface area (Å²) >= 11 is 0. The molecule has 4 atom stereocenters. The highest BCUT2D eigenvalue weighted by Gasteiger charge is 2.48. The van der Waals surface area contributed by atoms with Crippen LogP contribution in [0.2, 0.25) is 0 Å². The molecule has 0 aromatic heterocycles. The van der Waals surface area contributed by atoms with Crippen molar-refractivity contribution in [3.8, 4) is 0 Å². The van der Waals surface area contributed by atoms with Crippen LogP contribution in [0.5, 0.6) is 0 Å². The fourth-order valence-electron chi connectivity index (χ4n) is 7.22. The number of rotatable bonds is 3. The maximum absolute atomic E-state index is 2.75. The Kier molecular flexibility index (Phi) is 4.56. The SMILES string of the molecule is CN1CC2CC(C(C)(C)CC3CC4CN(C(C)(C)C)CC4C3)CC2C1. The van der Waals surface area contributed by atoms with Gasteiger partial charge in [-0.2, -0.15) is 0 Å². The minimum Gasteiger partial charge on any atom is -0.306 e. The van der Waals surface area contributed by atoms with E-state index in [1.165, 1.54) is 58.3 Å². The summed E-state index contributed by atoms with van der Waals surface area (Å²) in [5.74, 6) is 6.02. The lowest BCUT2D eigenvalue weighted by molar-refractivity contribution is 0.132. The molecule has 4 unspecified atom stereocenters. The van der Waals surface area contributed by atoms with E-state index in [2.05, 4.69) is 51.5 Å². The molecule has 2 heteroatoms. The highest BCUT2D eigenvalue weighted by Crippen LogP contribution is 2.53. The Bertz CT molecular complexity index is 463. The quantitative estimate of drug-likeness (QED) is 0.728. The van der Waals surface area contributed by atoms with Gasteiger partial charge in [-0.15, -0.1) is 0 Å². The number of hydrogen-bond donors (Lipinski definition) is 0. The summed E-state index contributed by atoms with van der Waals surface area (Å²) in [6.07, 6.45) is 7.56. The molecule has 2 heterocycles. The second kappa shape index (κ2) is 6.23. The Hall–Kier alpha value is -0.0800. The topological polar surface area (TPSA) is 6.48 Å². The summed E-state index contributed by atoms with van der Waals surface area (Å²) in [6.45, 7) is 17.9. The minimum absolute atomic E-state index is 0.369. The minimum atomic E-state index is 0.369. The highest BCUT2D eigenvalue weighted by atomic mass is 15.2. The van der Waals surface area contributed by atoms with Crippen LogP contribution in [0.25, 0.3) is 0 Å². The lowest BCUT2D eigenvalue weighted by Gasteiger charge is -2.36. The highest BCUT2D eigenvalue weighted by molar-refractivity contribution is 5.00. The second-order valence-corrected chi connectivity index (χ2v) is 12.0. The predicted octanol–water partition coefficient (Wildman–Crippen LogP) is 4.75. The number of fused-ring (bicyclic) bond motifs is 2. The first-order valence-electron chi connectivity index (χ1n) is 11.1. The standard InChI is InChI=1S/C23H42N2/c1-22(2,3)25-14-17-7-16(8-18(17)15-25)11-23(4,5)21-9-19-12-24(6)13-20(19)10-21/h16-21H,7-15H2,1-6H3. The van der Waals surface area contributed by atoms with Gasteiger partial charge < -0.3 is 4.90 Å². The zero-order chi connectivity index (χ0) is 18.0. The van der Waals surface area contributed by atoms with Crippen LogP contribution >= 0.6 is 0 Å². The molecule has 0 amide bonds. The molecule has 0 aromatic rings. The van der Waals surface area contributed by atoms with Crippen LogP contribution in [-0.2, 0) is 0 Å². The Balaban J connectivity index is 1.30. The van der Waals surface area contributed by atoms with Gasteiger partial charge in [0.15, 0.2) is 0 Å². The van der Waals surface area contributed by atoms with Crippen LogP contribution in [0, 0.1) is 40.9 Å². The normalized spacial score (nSPS) is 43.0. The second-order valence-electron chi connectivity index (χ2n) is 12.0. The van der Waals surface area contributed by atoms with Gasteiger partial charge >= 0.3 is 0 Å². The van der Waals surface area contributed by atoms with Crippen LogP contribution in [0.15, 0.2) is 0 Å². The largest absolute Gasteiger partial charge is 0.306 e. The van der Waals surface area contributed by atoms with Crippen molar-refractivity contribution in [1.29, 1.82) is 0 Å². The van der Waals surface area contributed by atoms with Crippen molar-refractivity contribution in [2.75, 3.05) is 33.2 Å². The van der Waals surface area contributed by atoms with E-state index < -0.39 is 0 Å². The molecule has 4 rings (SSSR count). The summed E-state index contributed by atoms with van der Waals surface area (Å²) in [4.78, 5) is 5.32. The van der Waals surface area contributed by atoms with Crippen molar-refractivity contribution >= 4 is 0 Å². The smallest absolute Gasteiger partial charge is 0.0125 e. The average molecular weight is 347 g/mol. The van der Waals surface area contributed by atoms with Gasteiger partial charge in [0.05, 0.1) is 0 Å². The molecule has 144 valence electrons. The van der Waals surface area contributed by atoms with E-state index in [-0.39, 0.29) is 0 Å². The maximum Gasteiger partial charge on any atom is 0.0125 e. The molecule has 25 heavy (non-hydrogen) atoms. The first-order chi connectivity index (χ1) is 11.6. The number of likely N-dealkylation sites (tertiary alicyclic amines) is 2. The van der Waals surface area contributed by atoms with E-state index in [1.54, 1.807) is 0 Å². The Labute approximate surface area is 156 Å². The molecule has 0 radical (unpaired) electrons. The Morgan fingerprint density at radius 1 is 0.720 bits per heavy atom. The fourth-order valence-corrected chi connectivity index (χ4v) is 7.22. The monoisotopic (exact) mass is 346 g/mol. The van der Waals surface area contributed by atoms with E-state index in [9.17, 15) is 0 Å². The summed E-state index contributed by atoms with van der Waals surface area (Å²) < 4.78 is 0. The van der Waals surface area contributed by atoms with Crippen molar-refractivity contribution in [2.45, 2.75) is 72.3 Å². The summed E-state index contributed by atoms with van der Waals surface area (Å²) in [5, 5.41) is 0. The van der Waals surface area contributed by atoms with E-state index in [4.69, 9.17) is 0 Å². The van der Waals surface area contributed by atoms with Crippen LogP contribution < -0.4 is 0 Å². The van der Waals surface area contributed by atoms with Gasteiger partial charge in [-0.25, -0.2) is 0 Å². The zero-order valence-electron chi connectivity index (χ0n) is 17.7. The van der Waals surface area contributed by atoms with Crippen molar-refractivity contribution < 1.29 is 0 Å². The Morgan fingerprint density at radius 2 is 1.20 bits per heavy atom. The Morgan fingerprint density at radius 3 is 1.68 bits per heavy atom. The lowest BCUT2D eigenvalue weighted by Crippen LogP contribution is -2.40. The molecule has 0 N–H and O–H groups in total. The molecule has 4 aliphatic rings. The van der Waals surface area contributed by atoms with Gasteiger partial charge in [-0.3, -0.25) is 4.90 Å². The molecule has 0 aromatic carbocycles. The van der Waals surface area contributed by atoms with Gasteiger partial charge in [0.1, 0.15) is 0 Å². The molecule has 0 bridgehead atoms. The molecule has 4 fully saturated rings. The van der Waals surface area contributed by atoms with E-state index >= 15 is 0 Å². The van der Waals surface area contributed by atoms with Crippen molar-refractivity contribution in [3.63, 3.8) is 0 Å². The molecular weight excluding hydrogens is 304 g/mol. The van der Waals surface area contributed by atoms with E-state index in [1.807, 2.05) is 0 Å². The summed E-state index contributed by atoms with van der Waals surface area (Å²) in [6, 6.07) is 0. The van der Waals surface area contributed by atoms with Gasteiger partial charge in [-0.1, -0.05) is 13.8 Å². The third-order valence-corrected chi connectivity index (χ3v) is 8.65. The number of nitrogens with zero attached hydrogens (tertiary/aromatic N) is 2. The molecule has 2 saturated heterocycles. The van der Waals surface area contributed by atoms with E-state index in [0.29, 0.717) is 11.0 Å². The predicted molar refractivity (Wildman–Crippen MR) is 107 cm³/mol. The molecule has 0 spiro atoms. The molecule has 2 nitrogen and oxygen atoms in total. The van der Waals surface area contributed by atoms with Crippen LogP contribution in [0.1, 0.15) is 66.7 Å². The van der Waals surface area contributed by atoms with Crippen molar-refractivity contribution in [3.05, 3.63) is 0 Å². The molecule has 2 saturated carbocycles. The van der Waals surface area contributed by atoms with Gasteiger partial charge in [-0.05, 0) is 101 Å². The molecular formula is C23H42N2. The first-order valence-corrected chi connectivity index (χ1v) is 11.1. The summed E-state index contributed by atoms with van der Waals surface area (Å²) in [5.41, 5.74) is 0.934. The van der Waals surface area contributed by atoms with Gasteiger partial charge in [0.2, 0.25) is 0 Å². The third-order valence-electron chi connectivity index (χ3n) is 8.65. The van der Waals surface area contributed by atoms with Crippen molar-refractivity contribution in [2.24, 2.45) is 40.9 Å². The van der Waals surface area contributed by atoms with Gasteiger partial charge in [0.25, 0.3) is 0 Å². The van der Waals surface area contributed by atoms with E-state index in [0.717, 1.165) is 35.5 Å².